The maximum Gasteiger partial charge on any atom is 0.191 e. The molecule has 0 spiro atoms. The number of nitrogens with zero attached hydrogens (tertiary/aromatic N) is 3. The van der Waals surface area contributed by atoms with E-state index in [2.05, 4.69) is 44.6 Å². The predicted molar refractivity (Wildman–Crippen MR) is 124 cm³/mol. The zero-order valence-electron chi connectivity index (χ0n) is 19.3. The molecule has 1 saturated heterocycles. The summed E-state index contributed by atoms with van der Waals surface area (Å²) in [4.78, 5) is 9.23. The Bertz CT molecular complexity index is 600. The maximum atomic E-state index is 5.24. The van der Waals surface area contributed by atoms with Gasteiger partial charge in [-0.15, -0.1) is 0 Å². The van der Waals surface area contributed by atoms with Gasteiger partial charge in [0.2, 0.25) is 0 Å². The normalized spacial score (nSPS) is 16.1. The van der Waals surface area contributed by atoms with E-state index >= 15 is 0 Å². The molecule has 7 heteroatoms. The summed E-state index contributed by atoms with van der Waals surface area (Å²) in [6.45, 7) is 8.06. The number of hydrogen-bond donors (Lipinski definition) is 2. The third-order valence-electron chi connectivity index (χ3n) is 5.73. The lowest BCUT2D eigenvalue weighted by atomic mass is 9.96. The SMILES string of the molecule is CN=C(NCCN(C)CCCOC)NCC1CCN(Cc2ccc(OC)cc2)CC1. The van der Waals surface area contributed by atoms with Crippen molar-refractivity contribution in [3.05, 3.63) is 29.8 Å². The molecule has 1 heterocycles. The Kier molecular flexibility index (Phi) is 11.6. The summed E-state index contributed by atoms with van der Waals surface area (Å²) < 4.78 is 10.3. The highest BCUT2D eigenvalue weighted by Crippen LogP contribution is 2.19. The van der Waals surface area contributed by atoms with E-state index in [1.54, 1.807) is 14.2 Å². The number of benzene rings is 1. The van der Waals surface area contributed by atoms with E-state index < -0.39 is 0 Å². The van der Waals surface area contributed by atoms with Crippen LogP contribution in [0, 0.1) is 5.92 Å². The van der Waals surface area contributed by atoms with Gasteiger partial charge in [0, 0.05) is 53.5 Å². The average molecular weight is 420 g/mol. The molecule has 1 aliphatic heterocycles. The van der Waals surface area contributed by atoms with Crippen molar-refractivity contribution in [2.75, 3.05) is 74.2 Å². The molecular weight excluding hydrogens is 378 g/mol. The van der Waals surface area contributed by atoms with E-state index in [1.165, 1.54) is 18.4 Å². The van der Waals surface area contributed by atoms with Gasteiger partial charge in [-0.3, -0.25) is 9.89 Å². The highest BCUT2D eigenvalue weighted by Gasteiger charge is 2.19. The Morgan fingerprint density at radius 2 is 1.87 bits per heavy atom. The largest absolute Gasteiger partial charge is 0.497 e. The number of likely N-dealkylation sites (N-methyl/N-ethyl adjacent to an activating group) is 1. The first-order valence-corrected chi connectivity index (χ1v) is 11.1. The summed E-state index contributed by atoms with van der Waals surface area (Å²) >= 11 is 0. The van der Waals surface area contributed by atoms with Crippen LogP contribution in [0.25, 0.3) is 0 Å². The topological polar surface area (TPSA) is 61.4 Å². The summed E-state index contributed by atoms with van der Waals surface area (Å²) in [5.74, 6) is 2.52. The van der Waals surface area contributed by atoms with Crippen LogP contribution in [0.15, 0.2) is 29.3 Å². The van der Waals surface area contributed by atoms with Crippen molar-refractivity contribution in [1.82, 2.24) is 20.4 Å². The minimum absolute atomic E-state index is 0.701. The van der Waals surface area contributed by atoms with Crippen LogP contribution in [0.5, 0.6) is 5.75 Å². The number of piperidine rings is 1. The quantitative estimate of drug-likeness (QED) is 0.307. The van der Waals surface area contributed by atoms with Crippen molar-refractivity contribution in [3.63, 3.8) is 0 Å². The van der Waals surface area contributed by atoms with Gasteiger partial charge in [0.15, 0.2) is 5.96 Å². The molecule has 7 nitrogen and oxygen atoms in total. The molecule has 0 aromatic heterocycles. The van der Waals surface area contributed by atoms with E-state index in [0.717, 1.165) is 70.6 Å². The van der Waals surface area contributed by atoms with Gasteiger partial charge in [0.25, 0.3) is 0 Å². The van der Waals surface area contributed by atoms with Crippen LogP contribution < -0.4 is 15.4 Å². The smallest absolute Gasteiger partial charge is 0.191 e. The van der Waals surface area contributed by atoms with E-state index in [0.29, 0.717) is 5.92 Å². The van der Waals surface area contributed by atoms with Gasteiger partial charge in [-0.2, -0.15) is 0 Å². The van der Waals surface area contributed by atoms with Crippen molar-refractivity contribution in [2.45, 2.75) is 25.8 Å². The first-order chi connectivity index (χ1) is 14.6. The van der Waals surface area contributed by atoms with Crippen LogP contribution in [0.3, 0.4) is 0 Å². The molecule has 170 valence electrons. The van der Waals surface area contributed by atoms with Crippen LogP contribution in [0.4, 0.5) is 0 Å². The van der Waals surface area contributed by atoms with Crippen LogP contribution in [0.2, 0.25) is 0 Å². The summed E-state index contributed by atoms with van der Waals surface area (Å²) in [5, 5.41) is 6.94. The Morgan fingerprint density at radius 3 is 2.50 bits per heavy atom. The third kappa shape index (κ3) is 9.32. The van der Waals surface area contributed by atoms with Gasteiger partial charge in [-0.1, -0.05) is 12.1 Å². The molecule has 30 heavy (non-hydrogen) atoms. The van der Waals surface area contributed by atoms with Crippen molar-refractivity contribution in [1.29, 1.82) is 0 Å². The number of aliphatic imine (C=N–C) groups is 1. The van der Waals surface area contributed by atoms with Gasteiger partial charge >= 0.3 is 0 Å². The molecule has 0 amide bonds. The Balaban J connectivity index is 1.59. The van der Waals surface area contributed by atoms with E-state index in [4.69, 9.17) is 9.47 Å². The van der Waals surface area contributed by atoms with E-state index in [9.17, 15) is 0 Å². The van der Waals surface area contributed by atoms with Crippen molar-refractivity contribution >= 4 is 5.96 Å². The molecule has 0 aliphatic carbocycles. The molecule has 1 fully saturated rings. The zero-order valence-corrected chi connectivity index (χ0v) is 19.3. The molecule has 0 radical (unpaired) electrons. The standard InChI is InChI=1S/C23H41N5O2/c1-24-23(25-12-16-27(2)13-5-17-29-3)26-18-20-10-14-28(15-11-20)19-21-6-8-22(30-4)9-7-21/h6-9,20H,5,10-19H2,1-4H3,(H2,24,25,26). The third-order valence-corrected chi connectivity index (χ3v) is 5.73. The second-order valence-corrected chi connectivity index (χ2v) is 8.10. The molecule has 0 atom stereocenters. The lowest BCUT2D eigenvalue weighted by Gasteiger charge is -2.32. The number of guanidine groups is 1. The first kappa shape index (κ1) is 24.4. The molecule has 0 bridgehead atoms. The monoisotopic (exact) mass is 419 g/mol. The summed E-state index contributed by atoms with van der Waals surface area (Å²) in [6, 6.07) is 8.41. The zero-order chi connectivity index (χ0) is 21.6. The molecule has 0 unspecified atom stereocenters. The highest BCUT2D eigenvalue weighted by molar-refractivity contribution is 5.79. The number of ether oxygens (including phenoxy) is 2. The van der Waals surface area contributed by atoms with Crippen molar-refractivity contribution in [2.24, 2.45) is 10.9 Å². The molecule has 1 aliphatic rings. The van der Waals surface area contributed by atoms with Gasteiger partial charge in [-0.25, -0.2) is 0 Å². The van der Waals surface area contributed by atoms with Crippen LogP contribution in [-0.2, 0) is 11.3 Å². The predicted octanol–water partition coefficient (Wildman–Crippen LogP) is 2.04. The van der Waals surface area contributed by atoms with Gasteiger partial charge in [0.1, 0.15) is 5.75 Å². The first-order valence-electron chi connectivity index (χ1n) is 11.1. The second-order valence-electron chi connectivity index (χ2n) is 8.10. The van der Waals surface area contributed by atoms with E-state index in [1.807, 2.05) is 19.2 Å². The van der Waals surface area contributed by atoms with Crippen LogP contribution in [-0.4, -0.2) is 89.9 Å². The fourth-order valence-electron chi connectivity index (χ4n) is 3.76. The minimum Gasteiger partial charge on any atom is -0.497 e. The van der Waals surface area contributed by atoms with Gasteiger partial charge in [-0.05, 0) is 63.0 Å². The number of likely N-dealkylation sites (tertiary alicyclic amines) is 1. The molecule has 1 aromatic carbocycles. The number of rotatable bonds is 12. The minimum atomic E-state index is 0.701. The summed E-state index contributed by atoms with van der Waals surface area (Å²) in [7, 11) is 7.45. The Hall–Kier alpha value is -1.83. The molecule has 1 aromatic rings. The molecule has 0 saturated carbocycles. The second kappa shape index (κ2) is 14.2. The van der Waals surface area contributed by atoms with Crippen molar-refractivity contribution in [3.8, 4) is 5.75 Å². The molecular formula is C23H41N5O2. The van der Waals surface area contributed by atoms with E-state index in [-0.39, 0.29) is 0 Å². The van der Waals surface area contributed by atoms with Crippen molar-refractivity contribution < 1.29 is 9.47 Å². The molecule has 2 rings (SSSR count). The van der Waals surface area contributed by atoms with Gasteiger partial charge in [0.05, 0.1) is 7.11 Å². The van der Waals surface area contributed by atoms with Crippen LogP contribution in [0.1, 0.15) is 24.8 Å². The summed E-state index contributed by atoms with van der Waals surface area (Å²) in [5.41, 5.74) is 1.35. The fourth-order valence-corrected chi connectivity index (χ4v) is 3.76. The lowest BCUT2D eigenvalue weighted by molar-refractivity contribution is 0.178. The highest BCUT2D eigenvalue weighted by atomic mass is 16.5. The fraction of sp³-hybridized carbons (Fsp3) is 0.696. The lowest BCUT2D eigenvalue weighted by Crippen LogP contribution is -2.44. The Morgan fingerprint density at radius 1 is 1.13 bits per heavy atom. The Labute approximate surface area is 182 Å². The number of nitrogens with one attached hydrogen (secondary N) is 2. The number of hydrogen-bond acceptors (Lipinski definition) is 5. The van der Waals surface area contributed by atoms with Gasteiger partial charge < -0.3 is 25.0 Å². The maximum absolute atomic E-state index is 5.24. The molecule has 2 N–H and O–H groups in total. The van der Waals surface area contributed by atoms with Crippen LogP contribution >= 0.6 is 0 Å². The summed E-state index contributed by atoms with van der Waals surface area (Å²) in [6.07, 6.45) is 3.52. The number of methoxy groups -OCH3 is 2. The average Bonchev–Trinajstić information content (AvgIpc) is 2.78.